The van der Waals surface area contributed by atoms with Crippen LogP contribution in [0.2, 0.25) is 0 Å². The number of aromatic nitrogens is 3. The van der Waals surface area contributed by atoms with Crippen LogP contribution in [0.15, 0.2) is 24.5 Å². The third-order valence-electron chi connectivity index (χ3n) is 1.64. The van der Waals surface area contributed by atoms with Crippen LogP contribution in [0.4, 0.5) is 12.9 Å². The average Bonchev–Trinajstić information content (AvgIpc) is 2.45. The summed E-state index contributed by atoms with van der Waals surface area (Å²) in [5.41, 5.74) is -0.590. The van der Waals surface area contributed by atoms with Crippen LogP contribution in [0.1, 0.15) is 0 Å². The van der Waals surface area contributed by atoms with Crippen LogP contribution < -0.4 is 57.0 Å². The molecule has 0 aliphatic heterocycles. The first-order chi connectivity index (χ1) is 6.09. The number of nitrogens with zero attached hydrogens (tertiary/aromatic N) is 3. The topological polar surface area (TPSA) is 30.2 Å². The molecule has 0 saturated carbocycles. The Morgan fingerprint density at radius 1 is 1.29 bits per heavy atom. The van der Waals surface area contributed by atoms with Gasteiger partial charge in [0.25, 0.3) is 0 Å². The predicted octanol–water partition coefficient (Wildman–Crippen LogP) is -2.21. The molecule has 8 heteroatoms. The largest absolute Gasteiger partial charge is 1.00 e. The quantitative estimate of drug-likeness (QED) is 0.515. The first kappa shape index (κ1) is 12.2. The van der Waals surface area contributed by atoms with Crippen molar-refractivity contribution in [1.29, 1.82) is 0 Å². The number of hydrogen-bond acceptors (Lipinski definition) is 2. The molecule has 2 rings (SSSR count). The summed E-state index contributed by atoms with van der Waals surface area (Å²) in [7, 11) is 0. The molecule has 2 heterocycles. The SMILES string of the molecule is F[B-](F)(F)c1cnc2cccnn12.[K+]. The Bertz CT molecular complexity index is 441. The molecular weight excluding hydrogens is 221 g/mol. The second-order valence-corrected chi connectivity index (χ2v) is 2.55. The molecule has 0 radical (unpaired) electrons. The minimum atomic E-state index is -5.04. The van der Waals surface area contributed by atoms with Gasteiger partial charge in [-0.25, -0.2) is 9.50 Å². The molecule has 0 aliphatic rings. The fraction of sp³-hybridized carbons (Fsp3) is 0. The molecule has 0 N–H and O–H groups in total. The third kappa shape index (κ3) is 2.19. The molecule has 3 nitrogen and oxygen atoms in total. The van der Waals surface area contributed by atoms with Crippen LogP contribution in [0.5, 0.6) is 0 Å². The van der Waals surface area contributed by atoms with E-state index in [4.69, 9.17) is 0 Å². The fourth-order valence-corrected chi connectivity index (χ4v) is 1.07. The molecule has 0 atom stereocenters. The van der Waals surface area contributed by atoms with Gasteiger partial charge in [-0.05, 0) is 12.1 Å². The Labute approximate surface area is 120 Å². The Hall–Kier alpha value is 0.111. The molecule has 0 fully saturated rings. The molecule has 0 bridgehead atoms. The molecule has 68 valence electrons. The van der Waals surface area contributed by atoms with Crippen molar-refractivity contribution < 1.29 is 64.3 Å². The summed E-state index contributed by atoms with van der Waals surface area (Å²) in [6, 6.07) is 3.01. The maximum absolute atomic E-state index is 12.3. The second kappa shape index (κ2) is 4.32. The normalized spacial score (nSPS) is 11.4. The van der Waals surface area contributed by atoms with Crippen molar-refractivity contribution in [1.82, 2.24) is 14.6 Å². The van der Waals surface area contributed by atoms with E-state index in [0.717, 1.165) is 10.7 Å². The van der Waals surface area contributed by atoms with Crippen molar-refractivity contribution in [2.24, 2.45) is 0 Å². The van der Waals surface area contributed by atoms with Crippen LogP contribution in [-0.4, -0.2) is 21.6 Å². The van der Waals surface area contributed by atoms with Crippen LogP contribution in [0.25, 0.3) is 5.65 Å². The Balaban J connectivity index is 0.000000980. The Morgan fingerprint density at radius 3 is 2.64 bits per heavy atom. The summed E-state index contributed by atoms with van der Waals surface area (Å²) in [4.78, 5) is 3.58. The molecule has 0 amide bonds. The van der Waals surface area contributed by atoms with E-state index in [1.807, 2.05) is 0 Å². The van der Waals surface area contributed by atoms with E-state index in [9.17, 15) is 12.9 Å². The van der Waals surface area contributed by atoms with E-state index < -0.39 is 12.6 Å². The van der Waals surface area contributed by atoms with Crippen LogP contribution >= 0.6 is 0 Å². The van der Waals surface area contributed by atoms with Gasteiger partial charge in [0.1, 0.15) is 5.65 Å². The molecular formula is C6H4BF3KN3. The fourth-order valence-electron chi connectivity index (χ4n) is 1.07. The van der Waals surface area contributed by atoms with Gasteiger partial charge in [0.2, 0.25) is 0 Å². The summed E-state index contributed by atoms with van der Waals surface area (Å²) in [6.45, 7) is -5.04. The zero-order valence-electron chi connectivity index (χ0n) is 7.36. The van der Waals surface area contributed by atoms with Gasteiger partial charge in [-0.3, -0.25) is 0 Å². The molecule has 2 aromatic heterocycles. The van der Waals surface area contributed by atoms with Gasteiger partial charge < -0.3 is 12.9 Å². The molecule has 14 heavy (non-hydrogen) atoms. The molecule has 2 aromatic rings. The van der Waals surface area contributed by atoms with Gasteiger partial charge in [0, 0.05) is 18.0 Å². The zero-order valence-corrected chi connectivity index (χ0v) is 10.5. The Kier molecular flexibility index (Phi) is 3.75. The van der Waals surface area contributed by atoms with E-state index >= 15 is 0 Å². The van der Waals surface area contributed by atoms with Crippen molar-refractivity contribution in [3.05, 3.63) is 24.5 Å². The summed E-state index contributed by atoms with van der Waals surface area (Å²) in [5.74, 6) is 0. The minimum absolute atomic E-state index is 0. The average molecular weight is 225 g/mol. The van der Waals surface area contributed by atoms with Crippen molar-refractivity contribution in [3.8, 4) is 0 Å². The number of hydrogen-bond donors (Lipinski definition) is 0. The first-order valence-corrected chi connectivity index (χ1v) is 3.57. The molecule has 0 unspecified atom stereocenters. The standard InChI is InChI=1S/C6H4BF3N3.K/c8-7(9,10)5-4-11-6-2-1-3-12-13(5)6;/h1-4H;/q-1;+1. The van der Waals surface area contributed by atoms with Gasteiger partial charge in [0.15, 0.2) is 0 Å². The number of halogens is 3. The zero-order chi connectivity index (χ0) is 9.47. The minimum Gasteiger partial charge on any atom is -0.444 e. The van der Waals surface area contributed by atoms with Gasteiger partial charge in [-0.1, -0.05) is 0 Å². The van der Waals surface area contributed by atoms with Crippen molar-refractivity contribution in [2.75, 3.05) is 0 Å². The summed E-state index contributed by atoms with van der Waals surface area (Å²) in [6.07, 6.45) is 2.09. The number of rotatable bonds is 1. The maximum Gasteiger partial charge on any atom is 1.00 e. The van der Waals surface area contributed by atoms with E-state index in [1.54, 1.807) is 0 Å². The van der Waals surface area contributed by atoms with Gasteiger partial charge >= 0.3 is 58.4 Å². The van der Waals surface area contributed by atoms with E-state index in [2.05, 4.69) is 10.1 Å². The molecule has 0 saturated heterocycles. The predicted molar refractivity (Wildman–Crippen MR) is 41.7 cm³/mol. The van der Waals surface area contributed by atoms with Crippen molar-refractivity contribution in [2.45, 2.75) is 0 Å². The summed E-state index contributed by atoms with van der Waals surface area (Å²) < 4.78 is 37.7. The van der Waals surface area contributed by atoms with Gasteiger partial charge in [-0.15, -0.1) is 0 Å². The van der Waals surface area contributed by atoms with E-state index in [-0.39, 0.29) is 57.0 Å². The van der Waals surface area contributed by atoms with Crippen LogP contribution in [0, 0.1) is 0 Å². The van der Waals surface area contributed by atoms with E-state index in [1.165, 1.54) is 18.3 Å². The number of imidazole rings is 1. The Morgan fingerprint density at radius 2 is 2.00 bits per heavy atom. The smallest absolute Gasteiger partial charge is 0.444 e. The molecule has 0 aromatic carbocycles. The summed E-state index contributed by atoms with van der Waals surface area (Å²) >= 11 is 0. The van der Waals surface area contributed by atoms with Crippen LogP contribution in [0.3, 0.4) is 0 Å². The second-order valence-electron chi connectivity index (χ2n) is 2.55. The number of fused-ring (bicyclic) bond motifs is 1. The van der Waals surface area contributed by atoms with Crippen LogP contribution in [-0.2, 0) is 0 Å². The van der Waals surface area contributed by atoms with Gasteiger partial charge in [0.05, 0.1) is 0 Å². The van der Waals surface area contributed by atoms with Gasteiger partial charge in [-0.2, -0.15) is 5.10 Å². The summed E-state index contributed by atoms with van der Waals surface area (Å²) in [5, 5.41) is 3.56. The maximum atomic E-state index is 12.3. The molecule has 0 aliphatic carbocycles. The third-order valence-corrected chi connectivity index (χ3v) is 1.64. The van der Waals surface area contributed by atoms with Crippen molar-refractivity contribution >= 4 is 18.2 Å². The monoisotopic (exact) mass is 225 g/mol. The van der Waals surface area contributed by atoms with E-state index in [0.29, 0.717) is 0 Å². The first-order valence-electron chi connectivity index (χ1n) is 3.57. The molecule has 0 spiro atoms. The van der Waals surface area contributed by atoms with Crippen molar-refractivity contribution in [3.63, 3.8) is 0 Å².